The normalized spacial score (nSPS) is 12.6. The Morgan fingerprint density at radius 3 is 2.38 bits per heavy atom. The summed E-state index contributed by atoms with van der Waals surface area (Å²) in [5.41, 5.74) is 8.95. The number of nitrogens with one attached hydrogen (secondary N) is 2. The molecule has 0 aliphatic heterocycles. The molecule has 0 spiro atoms. The van der Waals surface area contributed by atoms with Crippen LogP contribution in [0.2, 0.25) is 10.0 Å². The first-order valence-corrected chi connectivity index (χ1v) is 15.4. The highest BCUT2D eigenvalue weighted by Crippen LogP contribution is 2.28. The molecule has 1 aromatic heterocycles. The van der Waals surface area contributed by atoms with E-state index in [4.69, 9.17) is 27.9 Å². The minimum absolute atomic E-state index is 0.261. The number of amides is 2. The molecule has 2 amide bonds. The van der Waals surface area contributed by atoms with Gasteiger partial charge in [-0.3, -0.25) is 9.59 Å². The van der Waals surface area contributed by atoms with E-state index in [1.807, 2.05) is 55.5 Å². The number of fused-ring (bicyclic) bond motifs is 1. The average molecular weight is 642 g/mol. The molecule has 5 rings (SSSR count). The fourth-order valence-corrected chi connectivity index (χ4v) is 5.67. The lowest BCUT2D eigenvalue weighted by Crippen LogP contribution is -2.50. The van der Waals surface area contributed by atoms with Gasteiger partial charge in [0.1, 0.15) is 11.8 Å². The van der Waals surface area contributed by atoms with Gasteiger partial charge < -0.3 is 14.6 Å². The molecule has 0 aliphatic carbocycles. The molecule has 45 heavy (non-hydrogen) atoms. The number of carbonyl (C=O) groups excluding carboxylic acids is 2. The number of halogens is 2. The molecule has 230 valence electrons. The Morgan fingerprint density at radius 1 is 0.889 bits per heavy atom. The number of hydrogen-bond donors (Lipinski definition) is 2. The predicted molar refractivity (Wildman–Crippen MR) is 181 cm³/mol. The van der Waals surface area contributed by atoms with Crippen LogP contribution in [0.3, 0.4) is 0 Å². The highest BCUT2D eigenvalue weighted by Gasteiger charge is 2.25. The zero-order valence-electron chi connectivity index (χ0n) is 25.3. The van der Waals surface area contributed by atoms with Gasteiger partial charge in [0.05, 0.1) is 11.2 Å². The van der Waals surface area contributed by atoms with Crippen molar-refractivity contribution in [3.63, 3.8) is 0 Å². The number of rotatable bonds is 11. The molecular formula is C36H34Cl2N4O3. The number of benzene rings is 4. The van der Waals surface area contributed by atoms with Crippen LogP contribution in [0.25, 0.3) is 10.9 Å². The molecular weight excluding hydrogens is 607 g/mol. The Bertz CT molecular complexity index is 1850. The lowest BCUT2D eigenvalue weighted by atomic mass is 10.1. The molecule has 0 saturated heterocycles. The van der Waals surface area contributed by atoms with Crippen LogP contribution < -0.4 is 15.5 Å². The summed E-state index contributed by atoms with van der Waals surface area (Å²) in [7, 11) is 0. The van der Waals surface area contributed by atoms with Gasteiger partial charge in [-0.2, -0.15) is 5.10 Å². The van der Waals surface area contributed by atoms with Crippen molar-refractivity contribution < 1.29 is 14.3 Å². The zero-order chi connectivity index (χ0) is 31.9. The fourth-order valence-electron chi connectivity index (χ4n) is 5.22. The largest absolute Gasteiger partial charge is 0.479 e. The van der Waals surface area contributed by atoms with Crippen LogP contribution in [0.1, 0.15) is 34.9 Å². The van der Waals surface area contributed by atoms with Crippen molar-refractivity contribution in [1.82, 2.24) is 15.3 Å². The van der Waals surface area contributed by atoms with Crippen molar-refractivity contribution in [2.45, 2.75) is 45.9 Å². The minimum Gasteiger partial charge on any atom is -0.479 e. The van der Waals surface area contributed by atoms with E-state index >= 15 is 0 Å². The van der Waals surface area contributed by atoms with Crippen molar-refractivity contribution in [3.8, 4) is 5.75 Å². The first-order chi connectivity index (χ1) is 21.7. The number of aromatic nitrogens is 1. The molecule has 2 atom stereocenters. The molecule has 1 heterocycles. The van der Waals surface area contributed by atoms with Crippen molar-refractivity contribution in [1.29, 1.82) is 0 Å². The third-order valence-electron chi connectivity index (χ3n) is 7.55. The number of aryl methyl sites for hydroxylation is 1. The smallest absolute Gasteiger partial charge is 0.262 e. The molecule has 0 unspecified atom stereocenters. The van der Waals surface area contributed by atoms with E-state index in [0.717, 1.165) is 27.7 Å². The quantitative estimate of drug-likeness (QED) is 0.118. The highest BCUT2D eigenvalue weighted by atomic mass is 35.5. The van der Waals surface area contributed by atoms with Crippen LogP contribution >= 0.6 is 23.2 Å². The van der Waals surface area contributed by atoms with Crippen molar-refractivity contribution >= 4 is 52.1 Å². The maximum atomic E-state index is 13.5. The van der Waals surface area contributed by atoms with E-state index in [1.54, 1.807) is 25.3 Å². The van der Waals surface area contributed by atoms with Crippen LogP contribution in [0.5, 0.6) is 5.75 Å². The molecule has 5 aromatic rings. The van der Waals surface area contributed by atoms with E-state index in [0.29, 0.717) is 17.3 Å². The van der Waals surface area contributed by atoms with Crippen molar-refractivity contribution in [3.05, 3.63) is 135 Å². The number of carbonyl (C=O) groups is 2. The Hall–Kier alpha value is -4.59. The second kappa shape index (κ2) is 14.5. The van der Waals surface area contributed by atoms with Gasteiger partial charge in [0.15, 0.2) is 6.10 Å². The summed E-state index contributed by atoms with van der Waals surface area (Å²) in [6.45, 7) is 6.43. The minimum atomic E-state index is -0.930. The molecule has 0 bridgehead atoms. The molecule has 0 saturated carbocycles. The second-order valence-corrected chi connectivity index (χ2v) is 11.8. The fraction of sp³-hybridized carbons (Fsp3) is 0.194. The van der Waals surface area contributed by atoms with Gasteiger partial charge in [-0.15, -0.1) is 0 Å². The SMILES string of the molecule is Cc1cccc(Cn2c(C)c(/C=N\NC(=O)[C@@H](Cc3ccccc3)NC(=O)[C@@H](C)Oc3ccc(Cl)cc3Cl)c3ccccc32)c1. The van der Waals surface area contributed by atoms with E-state index < -0.39 is 24.0 Å². The van der Waals surface area contributed by atoms with E-state index in [-0.39, 0.29) is 11.4 Å². The number of hydrazone groups is 1. The third-order valence-corrected chi connectivity index (χ3v) is 8.08. The first-order valence-electron chi connectivity index (χ1n) is 14.6. The van der Waals surface area contributed by atoms with E-state index in [9.17, 15) is 9.59 Å². The Labute approximate surface area is 272 Å². The van der Waals surface area contributed by atoms with Crippen LogP contribution in [0, 0.1) is 13.8 Å². The molecule has 2 N–H and O–H groups in total. The second-order valence-electron chi connectivity index (χ2n) is 10.9. The maximum Gasteiger partial charge on any atom is 0.262 e. The molecule has 0 aliphatic rings. The lowest BCUT2D eigenvalue weighted by Gasteiger charge is -2.21. The summed E-state index contributed by atoms with van der Waals surface area (Å²) < 4.78 is 8.02. The van der Waals surface area contributed by atoms with E-state index in [2.05, 4.69) is 57.7 Å². The standard InChI is InChI=1S/C36H34Cl2N4O3/c1-23-10-9-13-27(18-23)22-42-24(2)30(29-14-7-8-15-33(29)42)21-39-41-36(44)32(19-26-11-5-4-6-12-26)40-35(43)25(3)45-34-17-16-28(37)20-31(34)38/h4-18,20-21,25,32H,19,22H2,1-3H3,(H,40,43)(H,41,44)/b39-21-/t25-,32-/m1/s1. The Morgan fingerprint density at radius 2 is 1.62 bits per heavy atom. The van der Waals surface area contributed by atoms with Gasteiger partial charge in [0.2, 0.25) is 0 Å². The average Bonchev–Trinajstić information content (AvgIpc) is 3.28. The Balaban J connectivity index is 1.33. The van der Waals surface area contributed by atoms with Gasteiger partial charge in [-0.1, -0.05) is 102 Å². The topological polar surface area (TPSA) is 84.7 Å². The third kappa shape index (κ3) is 7.93. The summed E-state index contributed by atoms with van der Waals surface area (Å²) in [6, 6.07) is 29.9. The number of hydrogen-bond acceptors (Lipinski definition) is 4. The summed E-state index contributed by atoms with van der Waals surface area (Å²) >= 11 is 12.2. The predicted octanol–water partition coefficient (Wildman–Crippen LogP) is 7.26. The van der Waals surface area contributed by atoms with Gasteiger partial charge in [-0.05, 0) is 56.2 Å². The molecule has 7 nitrogen and oxygen atoms in total. The number of para-hydroxylation sites is 1. The molecule has 0 fully saturated rings. The first kappa shape index (κ1) is 31.8. The van der Waals surface area contributed by atoms with Gasteiger partial charge in [0.25, 0.3) is 11.8 Å². The summed E-state index contributed by atoms with van der Waals surface area (Å²) in [6.07, 6.45) is 0.996. The maximum absolute atomic E-state index is 13.5. The van der Waals surface area contributed by atoms with Gasteiger partial charge in [0, 0.05) is 40.1 Å². The Kier molecular flexibility index (Phi) is 10.2. The van der Waals surface area contributed by atoms with Crippen LogP contribution in [-0.2, 0) is 22.6 Å². The van der Waals surface area contributed by atoms with Crippen LogP contribution in [0.15, 0.2) is 102 Å². The monoisotopic (exact) mass is 640 g/mol. The zero-order valence-corrected chi connectivity index (χ0v) is 26.8. The van der Waals surface area contributed by atoms with Crippen molar-refractivity contribution in [2.75, 3.05) is 0 Å². The summed E-state index contributed by atoms with van der Waals surface area (Å²) in [5.74, 6) is -0.619. The highest BCUT2D eigenvalue weighted by molar-refractivity contribution is 6.35. The van der Waals surface area contributed by atoms with E-state index in [1.165, 1.54) is 17.2 Å². The van der Waals surface area contributed by atoms with Gasteiger partial charge >= 0.3 is 0 Å². The lowest BCUT2D eigenvalue weighted by molar-refractivity contribution is -0.132. The van der Waals surface area contributed by atoms with Gasteiger partial charge in [-0.25, -0.2) is 5.43 Å². The summed E-state index contributed by atoms with van der Waals surface area (Å²) in [5, 5.41) is 8.92. The molecule has 9 heteroatoms. The summed E-state index contributed by atoms with van der Waals surface area (Å²) in [4.78, 5) is 26.6. The van der Waals surface area contributed by atoms with Crippen LogP contribution in [-0.4, -0.2) is 34.7 Å². The number of nitrogens with zero attached hydrogens (tertiary/aromatic N) is 2. The van der Waals surface area contributed by atoms with Crippen molar-refractivity contribution in [2.24, 2.45) is 5.10 Å². The molecule has 0 radical (unpaired) electrons. The van der Waals surface area contributed by atoms with Crippen LogP contribution in [0.4, 0.5) is 0 Å². The number of ether oxygens (including phenoxy) is 1. The molecule has 4 aromatic carbocycles.